The van der Waals surface area contributed by atoms with E-state index in [4.69, 9.17) is 9.47 Å². The van der Waals surface area contributed by atoms with Crippen molar-refractivity contribution < 1.29 is 39.5 Å². The van der Waals surface area contributed by atoms with E-state index < -0.39 is 42.8 Å². The van der Waals surface area contributed by atoms with Crippen molar-refractivity contribution in [2.75, 3.05) is 0 Å². The van der Waals surface area contributed by atoms with Gasteiger partial charge in [-0.1, -0.05) is 60.7 Å². The van der Waals surface area contributed by atoms with Gasteiger partial charge in [-0.3, -0.25) is 4.79 Å². The van der Waals surface area contributed by atoms with Crippen LogP contribution in [0.5, 0.6) is 0 Å². The highest BCUT2D eigenvalue weighted by Crippen LogP contribution is 2.29. The summed E-state index contributed by atoms with van der Waals surface area (Å²) < 4.78 is 10.8. The Balaban J connectivity index is 1.84. The molecular weight excluding hydrogens is 380 g/mol. The largest absolute Gasteiger partial charge is 0.479 e. The summed E-state index contributed by atoms with van der Waals surface area (Å²) in [6.45, 7) is 0. The number of carboxylic acids is 1. The number of rotatable bonds is 7. The van der Waals surface area contributed by atoms with E-state index in [9.17, 15) is 30.0 Å². The van der Waals surface area contributed by atoms with Gasteiger partial charge in [0.2, 0.25) is 0 Å². The van der Waals surface area contributed by atoms with E-state index in [0.29, 0.717) is 5.56 Å². The zero-order chi connectivity index (χ0) is 21.0. The Morgan fingerprint density at radius 3 is 2.07 bits per heavy atom. The number of Topliss-reactive ketones (excluding diaryl/α,β-unsaturated/α-hetero) is 1. The summed E-state index contributed by atoms with van der Waals surface area (Å²) in [6, 6.07) is 17.5. The molecule has 1 heterocycles. The molecule has 2 aromatic carbocycles. The molecule has 154 valence electrons. The minimum atomic E-state index is -1.84. The quantitative estimate of drug-likeness (QED) is 0.525. The number of aliphatic hydroxyl groups excluding tert-OH is 3. The van der Waals surface area contributed by atoms with Crippen LogP contribution < -0.4 is 0 Å². The monoisotopic (exact) mass is 402 g/mol. The first-order valence-corrected chi connectivity index (χ1v) is 9.08. The SMILES string of the molecule is O=C(Cc1ccccc1)C(OC1OC(C(=O)O)C(O)C(O)C1O)c1ccccc1. The first kappa shape index (κ1) is 21.1. The number of carbonyl (C=O) groups excluding carboxylic acids is 1. The van der Waals surface area contributed by atoms with Crippen LogP contribution in [0, 0.1) is 0 Å². The number of aliphatic hydroxyl groups is 3. The summed E-state index contributed by atoms with van der Waals surface area (Å²) in [5.41, 5.74) is 1.24. The molecule has 8 heteroatoms. The number of hydrogen-bond donors (Lipinski definition) is 4. The minimum Gasteiger partial charge on any atom is -0.479 e. The van der Waals surface area contributed by atoms with E-state index in [0.717, 1.165) is 5.56 Å². The van der Waals surface area contributed by atoms with Gasteiger partial charge in [-0.15, -0.1) is 0 Å². The standard InChI is InChI=1S/C21H22O8/c22-14(11-12-7-3-1-4-8-12)18(13-9-5-2-6-10-13)28-21-17(25)15(23)16(24)19(29-21)20(26)27/h1-10,15-19,21,23-25H,11H2,(H,26,27). The number of benzene rings is 2. The topological polar surface area (TPSA) is 134 Å². The van der Waals surface area contributed by atoms with Gasteiger partial charge in [0.15, 0.2) is 18.2 Å². The number of aliphatic carboxylic acids is 1. The van der Waals surface area contributed by atoms with Gasteiger partial charge in [0.1, 0.15) is 24.4 Å². The first-order valence-electron chi connectivity index (χ1n) is 9.08. The smallest absolute Gasteiger partial charge is 0.335 e. The van der Waals surface area contributed by atoms with E-state index >= 15 is 0 Å². The second-order valence-corrected chi connectivity index (χ2v) is 6.79. The van der Waals surface area contributed by atoms with E-state index in [-0.39, 0.29) is 12.2 Å². The molecule has 3 rings (SSSR count). The van der Waals surface area contributed by atoms with Gasteiger partial charge in [-0.25, -0.2) is 4.79 Å². The molecule has 2 aromatic rings. The lowest BCUT2D eigenvalue weighted by Crippen LogP contribution is -2.60. The molecule has 0 bridgehead atoms. The van der Waals surface area contributed by atoms with Gasteiger partial charge in [0, 0.05) is 6.42 Å². The molecule has 29 heavy (non-hydrogen) atoms. The summed E-state index contributed by atoms with van der Waals surface area (Å²) in [6.07, 6.45) is -9.95. The lowest BCUT2D eigenvalue weighted by molar-refractivity contribution is -0.302. The normalized spacial score (nSPS) is 27.9. The van der Waals surface area contributed by atoms with E-state index in [2.05, 4.69) is 0 Å². The Labute approximate surface area is 166 Å². The molecule has 1 aliphatic rings. The summed E-state index contributed by atoms with van der Waals surface area (Å²) in [5.74, 6) is -1.87. The van der Waals surface area contributed by atoms with Crippen LogP contribution in [-0.4, -0.2) is 62.9 Å². The molecule has 6 unspecified atom stereocenters. The van der Waals surface area contributed by atoms with Crippen LogP contribution >= 0.6 is 0 Å². The third kappa shape index (κ3) is 4.87. The van der Waals surface area contributed by atoms with Gasteiger partial charge in [-0.2, -0.15) is 0 Å². The molecule has 1 aliphatic heterocycles. The second-order valence-electron chi connectivity index (χ2n) is 6.79. The van der Waals surface area contributed by atoms with Crippen LogP contribution in [0.2, 0.25) is 0 Å². The van der Waals surface area contributed by atoms with Crippen LogP contribution in [0.4, 0.5) is 0 Å². The zero-order valence-electron chi connectivity index (χ0n) is 15.4. The molecule has 6 atom stereocenters. The molecule has 0 spiro atoms. The molecule has 8 nitrogen and oxygen atoms in total. The summed E-state index contributed by atoms with van der Waals surface area (Å²) in [7, 11) is 0. The average molecular weight is 402 g/mol. The highest BCUT2D eigenvalue weighted by atomic mass is 16.7. The van der Waals surface area contributed by atoms with Crippen LogP contribution in [0.3, 0.4) is 0 Å². The van der Waals surface area contributed by atoms with Crippen LogP contribution in [-0.2, 0) is 25.5 Å². The number of ether oxygens (including phenoxy) is 2. The maximum atomic E-state index is 13.0. The molecule has 0 amide bonds. The fourth-order valence-electron chi connectivity index (χ4n) is 3.16. The molecule has 0 aliphatic carbocycles. The van der Waals surface area contributed by atoms with E-state index in [1.807, 2.05) is 6.07 Å². The van der Waals surface area contributed by atoms with E-state index in [1.165, 1.54) is 0 Å². The lowest BCUT2D eigenvalue weighted by atomic mass is 9.97. The van der Waals surface area contributed by atoms with Crippen LogP contribution in [0.1, 0.15) is 17.2 Å². The molecule has 0 aromatic heterocycles. The maximum absolute atomic E-state index is 13.0. The molecule has 4 N–H and O–H groups in total. The molecule has 1 fully saturated rings. The Kier molecular flexibility index (Phi) is 6.73. The van der Waals surface area contributed by atoms with Gasteiger partial charge in [-0.05, 0) is 11.1 Å². The van der Waals surface area contributed by atoms with Gasteiger partial charge in [0.05, 0.1) is 0 Å². The van der Waals surface area contributed by atoms with Gasteiger partial charge in [0.25, 0.3) is 0 Å². The van der Waals surface area contributed by atoms with Crippen molar-refractivity contribution in [3.63, 3.8) is 0 Å². The van der Waals surface area contributed by atoms with Crippen molar-refractivity contribution in [1.82, 2.24) is 0 Å². The summed E-state index contributed by atoms with van der Waals surface area (Å²) in [4.78, 5) is 24.3. The third-order valence-corrected chi connectivity index (χ3v) is 4.70. The van der Waals surface area contributed by atoms with Crippen LogP contribution in [0.25, 0.3) is 0 Å². The van der Waals surface area contributed by atoms with Crippen molar-refractivity contribution in [2.24, 2.45) is 0 Å². The minimum absolute atomic E-state index is 0.0384. The average Bonchev–Trinajstić information content (AvgIpc) is 2.72. The number of hydrogen-bond acceptors (Lipinski definition) is 7. The maximum Gasteiger partial charge on any atom is 0.335 e. The summed E-state index contributed by atoms with van der Waals surface area (Å²) in [5, 5.41) is 39.2. The second kappa shape index (κ2) is 9.25. The first-order chi connectivity index (χ1) is 13.9. The molecule has 1 saturated heterocycles. The van der Waals surface area contributed by atoms with Crippen molar-refractivity contribution in [1.29, 1.82) is 0 Å². The number of carboxylic acid groups (broad SMARTS) is 1. The number of ketones is 1. The Morgan fingerprint density at radius 1 is 0.897 bits per heavy atom. The van der Waals surface area contributed by atoms with Crippen molar-refractivity contribution in [2.45, 2.75) is 43.2 Å². The molecular formula is C21H22O8. The lowest BCUT2D eigenvalue weighted by Gasteiger charge is -2.39. The predicted molar refractivity (Wildman–Crippen MR) is 99.7 cm³/mol. The van der Waals surface area contributed by atoms with Gasteiger partial charge >= 0.3 is 5.97 Å². The predicted octanol–water partition coefficient (Wildman–Crippen LogP) is 0.448. The molecule has 0 radical (unpaired) electrons. The van der Waals surface area contributed by atoms with Crippen molar-refractivity contribution in [3.05, 3.63) is 71.8 Å². The number of carbonyl (C=O) groups is 2. The molecule has 0 saturated carbocycles. The highest BCUT2D eigenvalue weighted by molar-refractivity contribution is 5.86. The Morgan fingerprint density at radius 2 is 1.48 bits per heavy atom. The summed E-state index contributed by atoms with van der Waals surface area (Å²) >= 11 is 0. The third-order valence-electron chi connectivity index (χ3n) is 4.70. The van der Waals surface area contributed by atoms with Crippen molar-refractivity contribution in [3.8, 4) is 0 Å². The zero-order valence-corrected chi connectivity index (χ0v) is 15.4. The van der Waals surface area contributed by atoms with Crippen LogP contribution in [0.15, 0.2) is 60.7 Å². The fourth-order valence-corrected chi connectivity index (χ4v) is 3.16. The highest BCUT2D eigenvalue weighted by Gasteiger charge is 2.48. The van der Waals surface area contributed by atoms with Gasteiger partial charge < -0.3 is 29.9 Å². The van der Waals surface area contributed by atoms with E-state index in [1.54, 1.807) is 54.6 Å². The Hall–Kier alpha value is -2.62. The fraction of sp³-hybridized carbons (Fsp3) is 0.333. The Bertz CT molecular complexity index is 825. The van der Waals surface area contributed by atoms with Crippen molar-refractivity contribution >= 4 is 11.8 Å².